The van der Waals surface area contributed by atoms with Crippen molar-refractivity contribution in [3.05, 3.63) is 47.5 Å². The standard InChI is InChI=1S/C14H15FN2O3/c1-17-7-10(16)5-13(17)14(18)20-8-9-3-4-11(19-2)6-12(9)15/h3-7H,8,16H2,1-2H3. The van der Waals surface area contributed by atoms with Gasteiger partial charge in [-0.25, -0.2) is 9.18 Å². The minimum atomic E-state index is -0.556. The van der Waals surface area contributed by atoms with Crippen molar-refractivity contribution in [2.45, 2.75) is 6.61 Å². The molecule has 0 aliphatic rings. The molecular formula is C14H15FN2O3. The van der Waals surface area contributed by atoms with Gasteiger partial charge >= 0.3 is 5.97 Å². The van der Waals surface area contributed by atoms with Gasteiger partial charge in [0.1, 0.15) is 23.9 Å². The van der Waals surface area contributed by atoms with E-state index in [9.17, 15) is 9.18 Å². The number of aryl methyl sites for hydroxylation is 1. The molecule has 2 rings (SSSR count). The fraction of sp³-hybridized carbons (Fsp3) is 0.214. The first-order chi connectivity index (χ1) is 9.51. The number of ether oxygens (including phenoxy) is 2. The molecule has 2 N–H and O–H groups in total. The number of nitrogens with two attached hydrogens (primary N) is 1. The average molecular weight is 278 g/mol. The Balaban J connectivity index is 2.05. The lowest BCUT2D eigenvalue weighted by Gasteiger charge is -2.07. The van der Waals surface area contributed by atoms with Crippen LogP contribution in [0.25, 0.3) is 0 Å². The highest BCUT2D eigenvalue weighted by Crippen LogP contribution is 2.18. The highest BCUT2D eigenvalue weighted by Gasteiger charge is 2.13. The van der Waals surface area contributed by atoms with Crippen molar-refractivity contribution in [2.75, 3.05) is 12.8 Å². The highest BCUT2D eigenvalue weighted by molar-refractivity contribution is 5.89. The number of benzene rings is 1. The molecule has 106 valence electrons. The largest absolute Gasteiger partial charge is 0.497 e. The molecule has 0 unspecified atom stereocenters. The van der Waals surface area contributed by atoms with E-state index in [1.165, 1.54) is 25.3 Å². The monoisotopic (exact) mass is 278 g/mol. The topological polar surface area (TPSA) is 66.5 Å². The van der Waals surface area contributed by atoms with Gasteiger partial charge in [0, 0.05) is 24.9 Å². The van der Waals surface area contributed by atoms with Gasteiger partial charge in [0.15, 0.2) is 0 Å². The van der Waals surface area contributed by atoms with Crippen LogP contribution in [-0.2, 0) is 18.4 Å². The number of hydrogen-bond donors (Lipinski definition) is 1. The zero-order valence-electron chi connectivity index (χ0n) is 11.2. The molecule has 0 aliphatic heterocycles. The van der Waals surface area contributed by atoms with Crippen molar-refractivity contribution in [3.63, 3.8) is 0 Å². The molecule has 1 aromatic heterocycles. The maximum atomic E-state index is 13.7. The molecule has 0 spiro atoms. The Hall–Kier alpha value is -2.50. The summed E-state index contributed by atoms with van der Waals surface area (Å²) in [7, 11) is 3.13. The van der Waals surface area contributed by atoms with Gasteiger partial charge in [0.05, 0.1) is 12.8 Å². The number of aromatic nitrogens is 1. The molecule has 20 heavy (non-hydrogen) atoms. The van der Waals surface area contributed by atoms with Gasteiger partial charge in [-0.3, -0.25) is 0 Å². The van der Waals surface area contributed by atoms with Crippen LogP contribution in [0.4, 0.5) is 10.1 Å². The van der Waals surface area contributed by atoms with Gasteiger partial charge in [-0.15, -0.1) is 0 Å². The number of methoxy groups -OCH3 is 1. The van der Waals surface area contributed by atoms with Gasteiger partial charge in [0.25, 0.3) is 0 Å². The lowest BCUT2D eigenvalue weighted by Crippen LogP contribution is -2.10. The quantitative estimate of drug-likeness (QED) is 0.870. The Labute approximate surface area is 115 Å². The third-order valence-electron chi connectivity index (χ3n) is 2.85. The van der Waals surface area contributed by atoms with Crippen molar-refractivity contribution >= 4 is 11.7 Å². The van der Waals surface area contributed by atoms with Gasteiger partial charge in [-0.05, 0) is 18.2 Å². The molecular weight excluding hydrogens is 263 g/mol. The summed E-state index contributed by atoms with van der Waals surface area (Å²) in [5, 5.41) is 0. The highest BCUT2D eigenvalue weighted by atomic mass is 19.1. The lowest BCUT2D eigenvalue weighted by atomic mass is 10.2. The molecule has 0 amide bonds. The predicted molar refractivity (Wildman–Crippen MR) is 71.9 cm³/mol. The molecule has 1 heterocycles. The van der Waals surface area contributed by atoms with Crippen LogP contribution in [-0.4, -0.2) is 17.6 Å². The first-order valence-corrected chi connectivity index (χ1v) is 5.92. The van der Waals surface area contributed by atoms with E-state index in [4.69, 9.17) is 15.2 Å². The summed E-state index contributed by atoms with van der Waals surface area (Å²) in [6.45, 7) is -0.153. The van der Waals surface area contributed by atoms with E-state index < -0.39 is 11.8 Å². The van der Waals surface area contributed by atoms with E-state index >= 15 is 0 Å². The Bertz CT molecular complexity index is 637. The van der Waals surface area contributed by atoms with Gasteiger partial charge < -0.3 is 19.8 Å². The van der Waals surface area contributed by atoms with E-state index in [1.54, 1.807) is 23.9 Å². The van der Waals surface area contributed by atoms with Crippen molar-refractivity contribution in [1.82, 2.24) is 4.57 Å². The molecule has 6 heteroatoms. The summed E-state index contributed by atoms with van der Waals surface area (Å²) in [5.74, 6) is -0.629. The van der Waals surface area contributed by atoms with Gasteiger partial charge in [-0.2, -0.15) is 0 Å². The minimum absolute atomic E-state index is 0.153. The summed E-state index contributed by atoms with van der Waals surface area (Å²) in [6.07, 6.45) is 1.60. The third kappa shape index (κ3) is 2.90. The fourth-order valence-electron chi connectivity index (χ4n) is 1.78. The second-order valence-electron chi connectivity index (χ2n) is 4.30. The van der Waals surface area contributed by atoms with Crippen LogP contribution in [0.15, 0.2) is 30.5 Å². The maximum absolute atomic E-state index is 13.7. The molecule has 0 bridgehead atoms. The SMILES string of the molecule is COc1ccc(COC(=O)c2cc(N)cn2C)c(F)c1. The molecule has 0 radical (unpaired) electrons. The van der Waals surface area contributed by atoms with Gasteiger partial charge in [0.2, 0.25) is 0 Å². The van der Waals surface area contributed by atoms with E-state index in [1.807, 2.05) is 0 Å². The number of carbonyl (C=O) groups excluding carboxylic acids is 1. The molecule has 0 saturated heterocycles. The Morgan fingerprint density at radius 2 is 2.15 bits per heavy atom. The summed E-state index contributed by atoms with van der Waals surface area (Å²) in [5.41, 5.74) is 6.64. The van der Waals surface area contributed by atoms with Crippen LogP contribution in [0, 0.1) is 5.82 Å². The number of nitrogens with zero attached hydrogens (tertiary/aromatic N) is 1. The van der Waals surface area contributed by atoms with E-state index in [-0.39, 0.29) is 12.2 Å². The van der Waals surface area contributed by atoms with Crippen LogP contribution < -0.4 is 10.5 Å². The molecule has 0 saturated carbocycles. The molecule has 1 aromatic carbocycles. The zero-order valence-corrected chi connectivity index (χ0v) is 11.2. The fourth-order valence-corrected chi connectivity index (χ4v) is 1.78. The minimum Gasteiger partial charge on any atom is -0.497 e. The van der Waals surface area contributed by atoms with E-state index in [2.05, 4.69) is 0 Å². The van der Waals surface area contributed by atoms with Crippen LogP contribution >= 0.6 is 0 Å². The Morgan fingerprint density at radius 1 is 1.40 bits per heavy atom. The van der Waals surface area contributed by atoms with Crippen LogP contribution in [0.5, 0.6) is 5.75 Å². The second kappa shape index (κ2) is 5.64. The van der Waals surface area contributed by atoms with Crippen molar-refractivity contribution in [2.24, 2.45) is 7.05 Å². The number of nitrogen functional groups attached to an aromatic ring is 1. The van der Waals surface area contributed by atoms with Crippen molar-refractivity contribution < 1.29 is 18.7 Å². The average Bonchev–Trinajstić information content (AvgIpc) is 2.76. The zero-order chi connectivity index (χ0) is 14.7. The first kappa shape index (κ1) is 13.9. The lowest BCUT2D eigenvalue weighted by molar-refractivity contribution is 0.0458. The Kier molecular flexibility index (Phi) is 3.93. The predicted octanol–water partition coefficient (Wildman–Crippen LogP) is 2.11. The smallest absolute Gasteiger partial charge is 0.355 e. The second-order valence-corrected chi connectivity index (χ2v) is 4.30. The summed E-state index contributed by atoms with van der Waals surface area (Å²) in [4.78, 5) is 11.8. The van der Waals surface area contributed by atoms with Gasteiger partial charge in [-0.1, -0.05) is 0 Å². The summed E-state index contributed by atoms with van der Waals surface area (Å²) in [6, 6.07) is 5.87. The number of esters is 1. The molecule has 5 nitrogen and oxygen atoms in total. The number of anilines is 1. The Morgan fingerprint density at radius 3 is 2.70 bits per heavy atom. The van der Waals surface area contributed by atoms with E-state index in [0.29, 0.717) is 17.1 Å². The maximum Gasteiger partial charge on any atom is 0.355 e. The summed E-state index contributed by atoms with van der Waals surface area (Å²) >= 11 is 0. The molecule has 0 aliphatic carbocycles. The van der Waals surface area contributed by atoms with Crippen molar-refractivity contribution in [3.8, 4) is 5.75 Å². The van der Waals surface area contributed by atoms with Crippen molar-refractivity contribution in [1.29, 1.82) is 0 Å². The number of halogens is 1. The van der Waals surface area contributed by atoms with E-state index in [0.717, 1.165) is 0 Å². The van der Waals surface area contributed by atoms with Crippen LogP contribution in [0.2, 0.25) is 0 Å². The summed E-state index contributed by atoms with van der Waals surface area (Å²) < 4.78 is 25.2. The molecule has 2 aromatic rings. The van der Waals surface area contributed by atoms with Crippen LogP contribution in [0.3, 0.4) is 0 Å². The number of carbonyl (C=O) groups is 1. The van der Waals surface area contributed by atoms with Crippen LogP contribution in [0.1, 0.15) is 16.1 Å². The first-order valence-electron chi connectivity index (χ1n) is 5.92. The normalized spacial score (nSPS) is 10.3. The third-order valence-corrected chi connectivity index (χ3v) is 2.85. The molecule has 0 atom stereocenters. The number of hydrogen-bond acceptors (Lipinski definition) is 4. The molecule has 0 fully saturated rings. The number of rotatable bonds is 4.